The summed E-state index contributed by atoms with van der Waals surface area (Å²) in [6.45, 7) is 0.905. The molecule has 0 aliphatic heterocycles. The number of hydrogen-bond donors (Lipinski definition) is 2. The van der Waals surface area contributed by atoms with Gasteiger partial charge in [0.1, 0.15) is 0 Å². The summed E-state index contributed by atoms with van der Waals surface area (Å²) in [6, 6.07) is 11.1. The lowest BCUT2D eigenvalue weighted by Crippen LogP contribution is -2.45. The number of nitrogens with one attached hydrogen (secondary N) is 2. The van der Waals surface area contributed by atoms with E-state index in [0.29, 0.717) is 6.04 Å². The molecule has 1 aliphatic rings. The Kier molecular flexibility index (Phi) is 4.17. The van der Waals surface area contributed by atoms with E-state index in [-0.39, 0.29) is 0 Å². The smallest absolute Gasteiger partial charge is 0.166 e. The standard InChI is InChI=1S/C13H18N2S/c16-13(15-12-7-4-8-12)14-10-9-11-5-2-1-3-6-11/h1-3,5-6,12H,4,7-10H2,(H2,14,15,16). The summed E-state index contributed by atoms with van der Waals surface area (Å²) >= 11 is 5.22. The Morgan fingerprint density at radius 1 is 1.25 bits per heavy atom. The van der Waals surface area contributed by atoms with Gasteiger partial charge < -0.3 is 10.6 Å². The highest BCUT2D eigenvalue weighted by atomic mass is 32.1. The molecule has 0 spiro atoms. The van der Waals surface area contributed by atoms with Crippen LogP contribution in [0.1, 0.15) is 24.8 Å². The minimum Gasteiger partial charge on any atom is -0.362 e. The Hall–Kier alpha value is -1.09. The fourth-order valence-electron chi connectivity index (χ4n) is 1.75. The van der Waals surface area contributed by atoms with Gasteiger partial charge in [-0.05, 0) is 43.5 Å². The molecule has 3 heteroatoms. The highest BCUT2D eigenvalue weighted by Gasteiger charge is 2.17. The van der Waals surface area contributed by atoms with Crippen LogP contribution in [-0.4, -0.2) is 17.7 Å². The molecule has 1 aromatic rings. The van der Waals surface area contributed by atoms with Gasteiger partial charge in [0.2, 0.25) is 0 Å². The minimum absolute atomic E-state index is 0.622. The van der Waals surface area contributed by atoms with Crippen LogP contribution in [0.25, 0.3) is 0 Å². The highest BCUT2D eigenvalue weighted by Crippen LogP contribution is 2.17. The van der Waals surface area contributed by atoms with Crippen molar-refractivity contribution in [1.82, 2.24) is 10.6 Å². The van der Waals surface area contributed by atoms with Crippen LogP contribution in [0.4, 0.5) is 0 Å². The van der Waals surface area contributed by atoms with Crippen LogP contribution >= 0.6 is 12.2 Å². The number of hydrogen-bond acceptors (Lipinski definition) is 1. The molecule has 2 rings (SSSR count). The second kappa shape index (κ2) is 5.85. The van der Waals surface area contributed by atoms with Crippen molar-refractivity contribution < 1.29 is 0 Å². The SMILES string of the molecule is S=C(NCCc1ccccc1)NC1CCC1. The molecule has 0 radical (unpaired) electrons. The first-order valence-corrected chi connectivity index (χ1v) is 6.34. The Balaban J connectivity index is 1.62. The van der Waals surface area contributed by atoms with Gasteiger partial charge in [0, 0.05) is 12.6 Å². The predicted octanol–water partition coefficient (Wildman–Crippen LogP) is 2.25. The van der Waals surface area contributed by atoms with Crippen molar-refractivity contribution in [3.63, 3.8) is 0 Å². The summed E-state index contributed by atoms with van der Waals surface area (Å²) in [6.07, 6.45) is 4.89. The van der Waals surface area contributed by atoms with Gasteiger partial charge >= 0.3 is 0 Å². The van der Waals surface area contributed by atoms with Gasteiger partial charge in [0.15, 0.2) is 5.11 Å². The van der Waals surface area contributed by atoms with E-state index in [2.05, 4.69) is 34.9 Å². The molecule has 0 atom stereocenters. The first-order chi connectivity index (χ1) is 7.84. The van der Waals surface area contributed by atoms with E-state index < -0.39 is 0 Å². The molecule has 16 heavy (non-hydrogen) atoms. The van der Waals surface area contributed by atoms with Gasteiger partial charge in [-0.1, -0.05) is 30.3 Å². The Bertz CT molecular complexity index is 333. The average molecular weight is 234 g/mol. The van der Waals surface area contributed by atoms with Crippen LogP contribution in [0.15, 0.2) is 30.3 Å². The third-order valence-electron chi connectivity index (χ3n) is 2.98. The zero-order valence-electron chi connectivity index (χ0n) is 9.41. The van der Waals surface area contributed by atoms with Gasteiger partial charge in [-0.3, -0.25) is 0 Å². The van der Waals surface area contributed by atoms with Crippen LogP contribution in [-0.2, 0) is 6.42 Å². The van der Waals surface area contributed by atoms with E-state index in [1.165, 1.54) is 24.8 Å². The van der Waals surface area contributed by atoms with Gasteiger partial charge in [-0.25, -0.2) is 0 Å². The molecular formula is C13H18N2S. The number of benzene rings is 1. The molecule has 0 amide bonds. The fourth-order valence-corrected chi connectivity index (χ4v) is 2.02. The molecule has 0 saturated heterocycles. The third kappa shape index (κ3) is 3.49. The topological polar surface area (TPSA) is 24.1 Å². The largest absolute Gasteiger partial charge is 0.362 e. The van der Waals surface area contributed by atoms with E-state index in [0.717, 1.165) is 18.1 Å². The molecule has 1 aliphatic carbocycles. The first kappa shape index (κ1) is 11.4. The second-order valence-corrected chi connectivity index (χ2v) is 4.67. The zero-order valence-corrected chi connectivity index (χ0v) is 10.2. The van der Waals surface area contributed by atoms with Crippen molar-refractivity contribution in [3.05, 3.63) is 35.9 Å². The number of thiocarbonyl (C=S) groups is 1. The maximum Gasteiger partial charge on any atom is 0.166 e. The predicted molar refractivity (Wildman–Crippen MR) is 71.5 cm³/mol. The van der Waals surface area contributed by atoms with Gasteiger partial charge in [-0.15, -0.1) is 0 Å². The lowest BCUT2D eigenvalue weighted by atomic mass is 9.93. The van der Waals surface area contributed by atoms with Crippen LogP contribution in [0.5, 0.6) is 0 Å². The molecule has 2 nitrogen and oxygen atoms in total. The molecule has 86 valence electrons. The van der Waals surface area contributed by atoms with Gasteiger partial charge in [0.05, 0.1) is 0 Å². The van der Waals surface area contributed by atoms with Crippen LogP contribution in [0.2, 0.25) is 0 Å². The summed E-state index contributed by atoms with van der Waals surface area (Å²) in [4.78, 5) is 0. The lowest BCUT2D eigenvalue weighted by Gasteiger charge is -2.27. The molecular weight excluding hydrogens is 216 g/mol. The Morgan fingerprint density at radius 2 is 2.00 bits per heavy atom. The van der Waals surface area contributed by atoms with E-state index in [9.17, 15) is 0 Å². The number of rotatable bonds is 4. The molecule has 0 unspecified atom stereocenters. The molecule has 1 fully saturated rings. The van der Waals surface area contributed by atoms with E-state index in [1.807, 2.05) is 6.07 Å². The molecule has 0 aromatic heterocycles. The Morgan fingerprint density at radius 3 is 2.62 bits per heavy atom. The minimum atomic E-state index is 0.622. The van der Waals surface area contributed by atoms with Crippen molar-refractivity contribution in [3.8, 4) is 0 Å². The summed E-state index contributed by atoms with van der Waals surface area (Å²) < 4.78 is 0. The van der Waals surface area contributed by atoms with Gasteiger partial charge in [-0.2, -0.15) is 0 Å². The monoisotopic (exact) mass is 234 g/mol. The highest BCUT2D eigenvalue weighted by molar-refractivity contribution is 7.80. The first-order valence-electron chi connectivity index (χ1n) is 5.93. The zero-order chi connectivity index (χ0) is 11.2. The average Bonchev–Trinajstić information content (AvgIpc) is 2.25. The van der Waals surface area contributed by atoms with Crippen molar-refractivity contribution in [1.29, 1.82) is 0 Å². The summed E-state index contributed by atoms with van der Waals surface area (Å²) in [5.74, 6) is 0. The lowest BCUT2D eigenvalue weighted by molar-refractivity contribution is 0.382. The molecule has 2 N–H and O–H groups in total. The maximum atomic E-state index is 5.22. The summed E-state index contributed by atoms with van der Waals surface area (Å²) in [5.41, 5.74) is 1.35. The second-order valence-electron chi connectivity index (χ2n) is 4.26. The van der Waals surface area contributed by atoms with E-state index in [1.54, 1.807) is 0 Å². The third-order valence-corrected chi connectivity index (χ3v) is 3.24. The van der Waals surface area contributed by atoms with E-state index in [4.69, 9.17) is 12.2 Å². The van der Waals surface area contributed by atoms with Crippen molar-refractivity contribution in [2.45, 2.75) is 31.7 Å². The molecule has 0 bridgehead atoms. The van der Waals surface area contributed by atoms with Crippen molar-refractivity contribution >= 4 is 17.3 Å². The van der Waals surface area contributed by atoms with Crippen LogP contribution < -0.4 is 10.6 Å². The fraction of sp³-hybridized carbons (Fsp3) is 0.462. The van der Waals surface area contributed by atoms with Crippen LogP contribution in [0, 0.1) is 0 Å². The quantitative estimate of drug-likeness (QED) is 0.781. The molecule has 0 heterocycles. The van der Waals surface area contributed by atoms with Gasteiger partial charge in [0.25, 0.3) is 0 Å². The van der Waals surface area contributed by atoms with Crippen molar-refractivity contribution in [2.75, 3.05) is 6.54 Å². The molecule has 1 aromatic carbocycles. The normalized spacial score (nSPS) is 15.2. The summed E-state index contributed by atoms with van der Waals surface area (Å²) in [5, 5.41) is 7.38. The van der Waals surface area contributed by atoms with Crippen LogP contribution in [0.3, 0.4) is 0 Å². The molecule has 1 saturated carbocycles. The van der Waals surface area contributed by atoms with E-state index >= 15 is 0 Å². The maximum absolute atomic E-state index is 5.22. The Labute approximate surface area is 102 Å². The summed E-state index contributed by atoms with van der Waals surface area (Å²) in [7, 11) is 0. The van der Waals surface area contributed by atoms with Crippen molar-refractivity contribution in [2.24, 2.45) is 0 Å².